The van der Waals surface area contributed by atoms with E-state index in [2.05, 4.69) is 55.3 Å². The third kappa shape index (κ3) is 4.58. The van der Waals surface area contributed by atoms with Crippen molar-refractivity contribution in [2.45, 2.75) is 38.6 Å². The number of pyridine rings is 1. The van der Waals surface area contributed by atoms with E-state index in [9.17, 15) is 4.79 Å². The molecule has 5 nitrogen and oxygen atoms in total. The topological polar surface area (TPSA) is 70.7 Å². The number of hydrogen-bond donors (Lipinski definition) is 2. The van der Waals surface area contributed by atoms with Gasteiger partial charge < -0.3 is 10.3 Å². The van der Waals surface area contributed by atoms with Crippen molar-refractivity contribution in [2.24, 2.45) is 11.8 Å². The highest BCUT2D eigenvalue weighted by molar-refractivity contribution is 9.10. The van der Waals surface area contributed by atoms with Crippen LogP contribution < -0.4 is 5.32 Å². The van der Waals surface area contributed by atoms with E-state index in [1.807, 2.05) is 30.5 Å². The van der Waals surface area contributed by atoms with E-state index in [0.29, 0.717) is 12.5 Å². The maximum absolute atomic E-state index is 13.1. The molecule has 2 heterocycles. The molecule has 150 valence electrons. The summed E-state index contributed by atoms with van der Waals surface area (Å²) in [6.45, 7) is 2.68. The van der Waals surface area contributed by atoms with Gasteiger partial charge in [-0.25, -0.2) is 4.98 Å². The molecule has 4 rings (SSSR count). The minimum absolute atomic E-state index is 0.0793. The standard InChI is InChI=1S/C23H25BrN4O/c1-15-4-2-6-19(21(15)23(29)27-13-16-5-3-11-25-12-16)22-26-14-20(28-22)17-7-9-18(24)10-8-17/h3,5,7-12,14-15,19,21H,2,4,6,13H2,1H3,(H,26,28)(H,27,29)/t15-,19+,21?/m0/s1. The zero-order valence-corrected chi connectivity index (χ0v) is 18.0. The number of hydrogen-bond acceptors (Lipinski definition) is 3. The maximum Gasteiger partial charge on any atom is 0.224 e. The van der Waals surface area contributed by atoms with Gasteiger partial charge in [0.05, 0.1) is 17.8 Å². The second-order valence-electron chi connectivity index (χ2n) is 7.81. The summed E-state index contributed by atoms with van der Waals surface area (Å²) in [6, 6.07) is 12.0. The average Bonchev–Trinajstić information content (AvgIpc) is 3.23. The summed E-state index contributed by atoms with van der Waals surface area (Å²) >= 11 is 3.47. The second-order valence-corrected chi connectivity index (χ2v) is 8.72. The highest BCUT2D eigenvalue weighted by Gasteiger charge is 2.38. The first kappa shape index (κ1) is 19.8. The van der Waals surface area contributed by atoms with E-state index in [-0.39, 0.29) is 17.7 Å². The molecule has 0 saturated heterocycles. The van der Waals surface area contributed by atoms with Gasteiger partial charge >= 0.3 is 0 Å². The van der Waals surface area contributed by atoms with Crippen molar-refractivity contribution in [3.05, 3.63) is 70.8 Å². The molecular formula is C23H25BrN4O. The van der Waals surface area contributed by atoms with Gasteiger partial charge in [0, 0.05) is 29.3 Å². The number of nitrogens with zero attached hydrogens (tertiary/aromatic N) is 2. The van der Waals surface area contributed by atoms with Crippen molar-refractivity contribution in [2.75, 3.05) is 0 Å². The van der Waals surface area contributed by atoms with Crippen molar-refractivity contribution in [3.8, 4) is 11.3 Å². The minimum Gasteiger partial charge on any atom is -0.352 e. The first-order valence-electron chi connectivity index (χ1n) is 10.1. The summed E-state index contributed by atoms with van der Waals surface area (Å²) in [5.41, 5.74) is 3.09. The van der Waals surface area contributed by atoms with Gasteiger partial charge in [-0.2, -0.15) is 0 Å². The van der Waals surface area contributed by atoms with Gasteiger partial charge in [0.2, 0.25) is 5.91 Å². The van der Waals surface area contributed by atoms with Crippen LogP contribution in [0.5, 0.6) is 0 Å². The quantitative estimate of drug-likeness (QED) is 0.567. The first-order valence-corrected chi connectivity index (χ1v) is 10.9. The molecule has 1 aromatic carbocycles. The number of halogens is 1. The van der Waals surface area contributed by atoms with Crippen LogP contribution in [0.3, 0.4) is 0 Å². The van der Waals surface area contributed by atoms with Crippen LogP contribution in [0.1, 0.15) is 43.5 Å². The van der Waals surface area contributed by atoms with Crippen LogP contribution in [-0.2, 0) is 11.3 Å². The zero-order valence-electron chi connectivity index (χ0n) is 16.4. The fourth-order valence-electron chi connectivity index (χ4n) is 4.27. The third-order valence-electron chi connectivity index (χ3n) is 5.82. The van der Waals surface area contributed by atoms with Crippen molar-refractivity contribution in [1.29, 1.82) is 0 Å². The maximum atomic E-state index is 13.1. The van der Waals surface area contributed by atoms with E-state index >= 15 is 0 Å². The molecule has 0 bridgehead atoms. The third-order valence-corrected chi connectivity index (χ3v) is 6.34. The van der Waals surface area contributed by atoms with Gasteiger partial charge in [0.15, 0.2) is 0 Å². The molecule has 1 aliphatic rings. The molecule has 0 spiro atoms. The predicted molar refractivity (Wildman–Crippen MR) is 117 cm³/mol. The van der Waals surface area contributed by atoms with Crippen LogP contribution in [0.2, 0.25) is 0 Å². The fourth-order valence-corrected chi connectivity index (χ4v) is 4.54. The number of amides is 1. The summed E-state index contributed by atoms with van der Waals surface area (Å²) in [7, 11) is 0. The van der Waals surface area contributed by atoms with Gasteiger partial charge in [-0.15, -0.1) is 0 Å². The Hall–Kier alpha value is -2.47. The van der Waals surface area contributed by atoms with Gasteiger partial charge in [0.25, 0.3) is 0 Å². The molecule has 1 saturated carbocycles. The van der Waals surface area contributed by atoms with Crippen molar-refractivity contribution in [1.82, 2.24) is 20.3 Å². The Morgan fingerprint density at radius 3 is 2.79 bits per heavy atom. The Labute approximate surface area is 179 Å². The van der Waals surface area contributed by atoms with E-state index in [1.165, 1.54) is 0 Å². The van der Waals surface area contributed by atoms with Crippen LogP contribution >= 0.6 is 15.9 Å². The van der Waals surface area contributed by atoms with Crippen LogP contribution in [0.25, 0.3) is 11.3 Å². The van der Waals surface area contributed by atoms with Gasteiger partial charge in [0.1, 0.15) is 5.82 Å². The van der Waals surface area contributed by atoms with E-state index in [0.717, 1.165) is 46.4 Å². The Morgan fingerprint density at radius 1 is 1.21 bits per heavy atom. The number of aromatic nitrogens is 3. The smallest absolute Gasteiger partial charge is 0.224 e. The molecule has 1 fully saturated rings. The van der Waals surface area contributed by atoms with Gasteiger partial charge in [-0.3, -0.25) is 9.78 Å². The lowest BCUT2D eigenvalue weighted by atomic mass is 9.72. The number of aromatic amines is 1. The average molecular weight is 453 g/mol. The Kier molecular flexibility index (Phi) is 6.09. The van der Waals surface area contributed by atoms with E-state index in [4.69, 9.17) is 0 Å². The molecule has 29 heavy (non-hydrogen) atoms. The normalized spacial score (nSPS) is 21.7. The molecule has 0 radical (unpaired) electrons. The van der Waals surface area contributed by atoms with Gasteiger partial charge in [-0.1, -0.05) is 47.5 Å². The predicted octanol–water partition coefficient (Wildman–Crippen LogP) is 5.07. The molecule has 2 aromatic heterocycles. The van der Waals surface area contributed by atoms with Crippen molar-refractivity contribution in [3.63, 3.8) is 0 Å². The number of carbonyl (C=O) groups is 1. The lowest BCUT2D eigenvalue weighted by Crippen LogP contribution is -2.40. The van der Waals surface area contributed by atoms with Crippen molar-refractivity contribution >= 4 is 21.8 Å². The van der Waals surface area contributed by atoms with E-state index in [1.54, 1.807) is 12.4 Å². The number of nitrogens with one attached hydrogen (secondary N) is 2. The Bertz CT molecular complexity index is 955. The fraction of sp³-hybridized carbons (Fsp3) is 0.348. The monoisotopic (exact) mass is 452 g/mol. The summed E-state index contributed by atoms with van der Waals surface area (Å²) in [6.07, 6.45) is 8.57. The lowest BCUT2D eigenvalue weighted by molar-refractivity contribution is -0.128. The number of H-pyrrole nitrogens is 1. The summed E-state index contributed by atoms with van der Waals surface area (Å²) in [5, 5.41) is 3.12. The number of rotatable bonds is 5. The molecule has 1 unspecified atom stereocenters. The first-order chi connectivity index (χ1) is 14.1. The largest absolute Gasteiger partial charge is 0.352 e. The number of imidazole rings is 1. The summed E-state index contributed by atoms with van der Waals surface area (Å²) in [4.78, 5) is 25.4. The zero-order chi connectivity index (χ0) is 20.2. The van der Waals surface area contributed by atoms with Crippen LogP contribution in [0.4, 0.5) is 0 Å². The second kappa shape index (κ2) is 8.91. The van der Waals surface area contributed by atoms with Crippen LogP contribution in [0.15, 0.2) is 59.5 Å². The Balaban J connectivity index is 1.51. The molecule has 0 aliphatic heterocycles. The van der Waals surface area contributed by atoms with Crippen LogP contribution in [0, 0.1) is 11.8 Å². The van der Waals surface area contributed by atoms with Crippen molar-refractivity contribution < 1.29 is 4.79 Å². The SMILES string of the molecule is C[C@H]1CCC[C@@H](c2ncc(-c3ccc(Br)cc3)[nH]2)C1C(=O)NCc1cccnc1. The highest BCUT2D eigenvalue weighted by atomic mass is 79.9. The molecule has 3 atom stereocenters. The molecule has 1 amide bonds. The Morgan fingerprint density at radius 2 is 2.03 bits per heavy atom. The van der Waals surface area contributed by atoms with Gasteiger partial charge in [-0.05, 0) is 48.1 Å². The number of benzene rings is 1. The van der Waals surface area contributed by atoms with Crippen LogP contribution in [-0.4, -0.2) is 20.9 Å². The molecule has 3 aromatic rings. The summed E-state index contributed by atoms with van der Waals surface area (Å²) < 4.78 is 1.05. The highest BCUT2D eigenvalue weighted by Crippen LogP contribution is 2.40. The molecule has 2 N–H and O–H groups in total. The minimum atomic E-state index is -0.0793. The number of carbonyl (C=O) groups excluding carboxylic acids is 1. The molecule has 1 aliphatic carbocycles. The molecular weight excluding hydrogens is 428 g/mol. The lowest BCUT2D eigenvalue weighted by Gasteiger charge is -2.34. The summed E-state index contributed by atoms with van der Waals surface area (Å²) in [5.74, 6) is 1.37. The van der Waals surface area contributed by atoms with E-state index < -0.39 is 0 Å². The molecule has 6 heteroatoms.